The summed E-state index contributed by atoms with van der Waals surface area (Å²) in [5.74, 6) is -0.667. The van der Waals surface area contributed by atoms with Crippen LogP contribution in [-0.2, 0) is 9.53 Å². The van der Waals surface area contributed by atoms with Crippen molar-refractivity contribution >= 4 is 17.5 Å². The van der Waals surface area contributed by atoms with Crippen LogP contribution in [0.15, 0.2) is 18.2 Å². The standard InChI is InChI=1S/C13H17N3O4/c14-10-3-1-2-9(13(15)18)12(10)20-8-11(17)16-4-6-19-7-5-16/h1-3H,4-8,14H2,(H2,15,18). The maximum atomic E-state index is 12.0. The third-order valence-corrected chi connectivity index (χ3v) is 3.01. The molecular weight excluding hydrogens is 262 g/mol. The number of ether oxygens (including phenoxy) is 2. The van der Waals surface area contributed by atoms with E-state index in [1.54, 1.807) is 17.0 Å². The number of anilines is 1. The first-order valence-corrected chi connectivity index (χ1v) is 6.26. The Balaban J connectivity index is 2.03. The van der Waals surface area contributed by atoms with Crippen molar-refractivity contribution in [2.75, 3.05) is 38.6 Å². The van der Waals surface area contributed by atoms with Crippen molar-refractivity contribution in [3.8, 4) is 5.75 Å². The second-order valence-electron chi connectivity index (χ2n) is 4.37. The highest BCUT2D eigenvalue weighted by atomic mass is 16.5. The van der Waals surface area contributed by atoms with E-state index in [0.717, 1.165) is 0 Å². The van der Waals surface area contributed by atoms with E-state index >= 15 is 0 Å². The van der Waals surface area contributed by atoms with Crippen LogP contribution in [0.2, 0.25) is 0 Å². The van der Waals surface area contributed by atoms with E-state index < -0.39 is 5.91 Å². The van der Waals surface area contributed by atoms with Crippen LogP contribution in [0.1, 0.15) is 10.4 Å². The lowest BCUT2D eigenvalue weighted by molar-refractivity contribution is -0.137. The molecule has 7 heteroatoms. The summed E-state index contributed by atoms with van der Waals surface area (Å²) in [7, 11) is 0. The molecule has 0 spiro atoms. The number of morpholine rings is 1. The SMILES string of the molecule is NC(=O)c1cccc(N)c1OCC(=O)N1CCOCC1. The second-order valence-corrected chi connectivity index (χ2v) is 4.37. The van der Waals surface area contributed by atoms with Crippen LogP contribution in [0.3, 0.4) is 0 Å². The fourth-order valence-electron chi connectivity index (χ4n) is 1.95. The van der Waals surface area contributed by atoms with Gasteiger partial charge in [-0.25, -0.2) is 0 Å². The lowest BCUT2D eigenvalue weighted by Crippen LogP contribution is -2.43. The molecule has 1 aliphatic heterocycles. The molecule has 4 N–H and O–H groups in total. The zero-order valence-corrected chi connectivity index (χ0v) is 11.0. The smallest absolute Gasteiger partial charge is 0.260 e. The summed E-state index contributed by atoms with van der Waals surface area (Å²) in [5, 5.41) is 0. The molecule has 2 rings (SSSR count). The summed E-state index contributed by atoms with van der Waals surface area (Å²) in [5.41, 5.74) is 11.4. The summed E-state index contributed by atoms with van der Waals surface area (Å²) in [4.78, 5) is 24.9. The third kappa shape index (κ3) is 3.18. The largest absolute Gasteiger partial charge is 0.481 e. The van der Waals surface area contributed by atoms with E-state index in [9.17, 15) is 9.59 Å². The van der Waals surface area contributed by atoms with Crippen molar-refractivity contribution in [2.45, 2.75) is 0 Å². The first-order valence-electron chi connectivity index (χ1n) is 6.26. The quantitative estimate of drug-likeness (QED) is 0.729. The summed E-state index contributed by atoms with van der Waals surface area (Å²) in [6.07, 6.45) is 0. The number of hydrogen-bond donors (Lipinski definition) is 2. The number of hydrogen-bond acceptors (Lipinski definition) is 5. The summed E-state index contributed by atoms with van der Waals surface area (Å²) >= 11 is 0. The Morgan fingerprint density at radius 3 is 2.65 bits per heavy atom. The molecular formula is C13H17N3O4. The Kier molecular flexibility index (Phi) is 4.41. The first kappa shape index (κ1) is 14.1. The van der Waals surface area contributed by atoms with Gasteiger partial charge in [0, 0.05) is 13.1 Å². The van der Waals surface area contributed by atoms with Crippen LogP contribution < -0.4 is 16.2 Å². The molecule has 2 amide bonds. The van der Waals surface area contributed by atoms with E-state index in [1.165, 1.54) is 6.07 Å². The minimum absolute atomic E-state index is 0.154. The minimum Gasteiger partial charge on any atom is -0.481 e. The molecule has 20 heavy (non-hydrogen) atoms. The number of rotatable bonds is 4. The summed E-state index contributed by atoms with van der Waals surface area (Å²) in [6, 6.07) is 4.69. The molecule has 0 aromatic heterocycles. The number of nitrogens with zero attached hydrogens (tertiary/aromatic N) is 1. The molecule has 1 saturated heterocycles. The molecule has 0 aliphatic carbocycles. The fourth-order valence-corrected chi connectivity index (χ4v) is 1.95. The number of nitrogens with two attached hydrogens (primary N) is 2. The Bertz CT molecular complexity index is 512. The molecule has 1 aliphatic rings. The van der Waals surface area contributed by atoms with Crippen LogP contribution in [0.5, 0.6) is 5.75 Å². The Morgan fingerprint density at radius 2 is 2.00 bits per heavy atom. The number of benzene rings is 1. The number of para-hydroxylation sites is 1. The lowest BCUT2D eigenvalue weighted by Gasteiger charge is -2.26. The van der Waals surface area contributed by atoms with Gasteiger partial charge in [-0.15, -0.1) is 0 Å². The number of nitrogen functional groups attached to an aromatic ring is 1. The Hall–Kier alpha value is -2.28. The van der Waals surface area contributed by atoms with Gasteiger partial charge in [-0.2, -0.15) is 0 Å². The molecule has 0 unspecified atom stereocenters. The number of primary amides is 1. The highest BCUT2D eigenvalue weighted by Gasteiger charge is 2.19. The molecule has 1 aromatic rings. The van der Waals surface area contributed by atoms with Gasteiger partial charge < -0.3 is 25.8 Å². The van der Waals surface area contributed by atoms with Crippen LogP contribution in [0.25, 0.3) is 0 Å². The van der Waals surface area contributed by atoms with Gasteiger partial charge in [0.15, 0.2) is 12.4 Å². The van der Waals surface area contributed by atoms with Crippen molar-refractivity contribution in [3.05, 3.63) is 23.8 Å². The zero-order chi connectivity index (χ0) is 14.5. The van der Waals surface area contributed by atoms with Crippen LogP contribution in [0, 0.1) is 0 Å². The van der Waals surface area contributed by atoms with Crippen LogP contribution >= 0.6 is 0 Å². The molecule has 1 fully saturated rings. The molecule has 0 radical (unpaired) electrons. The number of amides is 2. The highest BCUT2D eigenvalue weighted by molar-refractivity contribution is 5.97. The minimum atomic E-state index is -0.647. The monoisotopic (exact) mass is 279 g/mol. The average Bonchev–Trinajstić information content (AvgIpc) is 2.46. The van der Waals surface area contributed by atoms with Gasteiger partial charge in [0.25, 0.3) is 11.8 Å². The molecule has 0 bridgehead atoms. The summed E-state index contributed by atoms with van der Waals surface area (Å²) in [6.45, 7) is 1.93. The van der Waals surface area contributed by atoms with Crippen LogP contribution in [0.4, 0.5) is 5.69 Å². The van der Waals surface area contributed by atoms with Gasteiger partial charge in [-0.3, -0.25) is 9.59 Å². The van der Waals surface area contributed by atoms with Gasteiger partial charge in [-0.05, 0) is 12.1 Å². The molecule has 0 atom stereocenters. The van der Waals surface area contributed by atoms with Gasteiger partial charge >= 0.3 is 0 Å². The predicted molar refractivity (Wildman–Crippen MR) is 72.3 cm³/mol. The van der Waals surface area contributed by atoms with Gasteiger partial charge in [-0.1, -0.05) is 6.07 Å². The molecule has 108 valence electrons. The normalized spacial score (nSPS) is 14.9. The Labute approximate surface area is 116 Å². The Morgan fingerprint density at radius 1 is 1.30 bits per heavy atom. The van der Waals surface area contributed by atoms with E-state index in [4.69, 9.17) is 20.9 Å². The maximum absolute atomic E-state index is 12.0. The molecule has 1 aromatic carbocycles. The van der Waals surface area contributed by atoms with Crippen LogP contribution in [-0.4, -0.2) is 49.6 Å². The predicted octanol–water partition coefficient (Wildman–Crippen LogP) is -0.395. The van der Waals surface area contributed by atoms with E-state index in [2.05, 4.69) is 0 Å². The van der Waals surface area contributed by atoms with Crippen molar-refractivity contribution in [3.63, 3.8) is 0 Å². The van der Waals surface area contributed by atoms with Gasteiger partial charge in [0.05, 0.1) is 24.5 Å². The fraction of sp³-hybridized carbons (Fsp3) is 0.385. The van der Waals surface area contributed by atoms with Crippen molar-refractivity contribution in [1.82, 2.24) is 4.90 Å². The average molecular weight is 279 g/mol. The zero-order valence-electron chi connectivity index (χ0n) is 11.0. The first-order chi connectivity index (χ1) is 9.59. The van der Waals surface area contributed by atoms with E-state index in [0.29, 0.717) is 26.3 Å². The van der Waals surface area contributed by atoms with Gasteiger partial charge in [0.2, 0.25) is 0 Å². The molecule has 0 saturated carbocycles. The number of carbonyl (C=O) groups is 2. The second kappa shape index (κ2) is 6.25. The topological polar surface area (TPSA) is 108 Å². The third-order valence-electron chi connectivity index (χ3n) is 3.01. The summed E-state index contributed by atoms with van der Waals surface area (Å²) < 4.78 is 10.6. The number of carbonyl (C=O) groups excluding carboxylic acids is 2. The van der Waals surface area contributed by atoms with Crippen molar-refractivity contribution in [2.24, 2.45) is 5.73 Å². The van der Waals surface area contributed by atoms with E-state index in [-0.39, 0.29) is 29.5 Å². The molecule has 1 heterocycles. The maximum Gasteiger partial charge on any atom is 0.260 e. The highest BCUT2D eigenvalue weighted by Crippen LogP contribution is 2.26. The van der Waals surface area contributed by atoms with E-state index in [1.807, 2.05) is 0 Å². The van der Waals surface area contributed by atoms with Crippen molar-refractivity contribution < 1.29 is 19.1 Å². The molecule has 7 nitrogen and oxygen atoms in total. The van der Waals surface area contributed by atoms with Gasteiger partial charge in [0.1, 0.15) is 0 Å². The lowest BCUT2D eigenvalue weighted by atomic mass is 10.1. The van der Waals surface area contributed by atoms with Crippen molar-refractivity contribution in [1.29, 1.82) is 0 Å².